The Morgan fingerprint density at radius 1 is 1.11 bits per heavy atom. The van der Waals surface area contributed by atoms with Gasteiger partial charge in [0.2, 0.25) is 6.29 Å². The first kappa shape index (κ1) is 20.1. The topological polar surface area (TPSA) is 124 Å². The molecule has 7 nitrogen and oxygen atoms in total. The average molecular weight is 280 g/mol. The van der Waals surface area contributed by atoms with Gasteiger partial charge in [0.05, 0.1) is 13.2 Å². The molecule has 1 unspecified atom stereocenters. The van der Waals surface area contributed by atoms with E-state index in [1.165, 1.54) is 0 Å². The van der Waals surface area contributed by atoms with Gasteiger partial charge in [0.15, 0.2) is 0 Å². The predicted molar refractivity (Wildman–Crippen MR) is 67.3 cm³/mol. The summed E-state index contributed by atoms with van der Waals surface area (Å²) < 4.78 is 4.67. The summed E-state index contributed by atoms with van der Waals surface area (Å²) >= 11 is 0. The van der Waals surface area contributed by atoms with E-state index in [4.69, 9.17) is 20.4 Å². The van der Waals surface area contributed by atoms with E-state index in [-0.39, 0.29) is 26.1 Å². The number of aliphatic hydroxyl groups excluding tert-OH is 3. The number of esters is 1. The maximum Gasteiger partial charge on any atom is 0.308 e. The fourth-order valence-corrected chi connectivity index (χ4v) is 1.06. The van der Waals surface area contributed by atoms with Gasteiger partial charge in [0, 0.05) is 19.3 Å². The molecule has 0 aromatic rings. The van der Waals surface area contributed by atoms with Crippen molar-refractivity contribution in [1.29, 1.82) is 0 Å². The molecule has 0 fully saturated rings. The number of aliphatic carboxylic acids is 1. The molecule has 0 aliphatic heterocycles. The van der Waals surface area contributed by atoms with Crippen molar-refractivity contribution in [2.75, 3.05) is 13.2 Å². The molecule has 4 N–H and O–H groups in total. The second-order valence-corrected chi connectivity index (χ2v) is 3.78. The second kappa shape index (κ2) is 14.9. The van der Waals surface area contributed by atoms with E-state index in [9.17, 15) is 9.59 Å². The molecule has 0 heterocycles. The van der Waals surface area contributed by atoms with Gasteiger partial charge >= 0.3 is 11.9 Å². The molecule has 0 saturated heterocycles. The number of rotatable bonds is 9. The Morgan fingerprint density at radius 2 is 1.63 bits per heavy atom. The van der Waals surface area contributed by atoms with Crippen LogP contribution in [0.5, 0.6) is 0 Å². The van der Waals surface area contributed by atoms with Crippen LogP contribution >= 0.6 is 0 Å². The van der Waals surface area contributed by atoms with Gasteiger partial charge in [-0.15, -0.1) is 0 Å². The molecule has 0 amide bonds. The molecule has 1 atom stereocenters. The van der Waals surface area contributed by atoms with Crippen LogP contribution in [0.15, 0.2) is 0 Å². The summed E-state index contributed by atoms with van der Waals surface area (Å²) in [5.41, 5.74) is 0. The Labute approximate surface area is 112 Å². The zero-order chi connectivity index (χ0) is 15.1. The third kappa shape index (κ3) is 19.3. The Hall–Kier alpha value is -1.18. The van der Waals surface area contributed by atoms with Crippen molar-refractivity contribution < 1.29 is 34.8 Å². The maximum atomic E-state index is 11.0. The van der Waals surface area contributed by atoms with Crippen LogP contribution in [0.3, 0.4) is 0 Å². The highest BCUT2D eigenvalue weighted by atomic mass is 16.6. The molecule has 0 aromatic carbocycles. The first-order valence-electron chi connectivity index (χ1n) is 6.28. The highest BCUT2D eigenvalue weighted by Gasteiger charge is 2.09. The van der Waals surface area contributed by atoms with Crippen molar-refractivity contribution in [2.24, 2.45) is 0 Å². The van der Waals surface area contributed by atoms with Crippen molar-refractivity contribution in [3.8, 4) is 0 Å². The molecule has 7 heteroatoms. The highest BCUT2D eigenvalue weighted by Crippen LogP contribution is 2.04. The molecular weight excluding hydrogens is 256 g/mol. The number of unbranched alkanes of at least 4 members (excludes halogenated alkanes) is 1. The lowest BCUT2D eigenvalue weighted by Crippen LogP contribution is -2.17. The van der Waals surface area contributed by atoms with Crippen LogP contribution in [0.25, 0.3) is 0 Å². The van der Waals surface area contributed by atoms with Gasteiger partial charge in [-0.2, -0.15) is 0 Å². The first-order valence-corrected chi connectivity index (χ1v) is 6.28. The van der Waals surface area contributed by atoms with Crippen molar-refractivity contribution in [2.45, 2.75) is 51.7 Å². The predicted octanol–water partition coefficient (Wildman–Crippen LogP) is 0.264. The van der Waals surface area contributed by atoms with E-state index in [1.54, 1.807) is 0 Å². The van der Waals surface area contributed by atoms with Crippen LogP contribution in [-0.2, 0) is 14.3 Å². The van der Waals surface area contributed by atoms with Crippen LogP contribution in [0, 0.1) is 0 Å². The fourth-order valence-electron chi connectivity index (χ4n) is 1.06. The van der Waals surface area contributed by atoms with Gasteiger partial charge in [0.1, 0.15) is 0 Å². The molecule has 19 heavy (non-hydrogen) atoms. The van der Waals surface area contributed by atoms with Gasteiger partial charge in [-0.25, -0.2) is 0 Å². The Morgan fingerprint density at radius 3 is 2.05 bits per heavy atom. The average Bonchev–Trinajstić information content (AvgIpc) is 2.35. The number of carbonyl (C=O) groups excluding carboxylic acids is 1. The summed E-state index contributed by atoms with van der Waals surface area (Å²) in [4.78, 5) is 21.2. The number of hydrogen-bond acceptors (Lipinski definition) is 6. The van der Waals surface area contributed by atoms with E-state index >= 15 is 0 Å². The molecule has 0 saturated carbocycles. The minimum atomic E-state index is -1.03. The van der Waals surface area contributed by atoms with Crippen molar-refractivity contribution in [1.82, 2.24) is 0 Å². The molecule has 0 aromatic heterocycles. The highest BCUT2D eigenvalue weighted by molar-refractivity contribution is 5.69. The smallest absolute Gasteiger partial charge is 0.308 e. The van der Waals surface area contributed by atoms with Crippen LogP contribution in [-0.4, -0.2) is 51.9 Å². The van der Waals surface area contributed by atoms with Crippen molar-refractivity contribution >= 4 is 11.9 Å². The van der Waals surface area contributed by atoms with E-state index in [0.717, 1.165) is 6.42 Å². The Kier molecular flexibility index (Phi) is 15.8. The lowest BCUT2D eigenvalue weighted by Gasteiger charge is -2.10. The van der Waals surface area contributed by atoms with Crippen molar-refractivity contribution in [3.63, 3.8) is 0 Å². The molecule has 0 rings (SSSR count). The van der Waals surface area contributed by atoms with Crippen LogP contribution < -0.4 is 0 Å². The van der Waals surface area contributed by atoms with Gasteiger partial charge in [-0.1, -0.05) is 13.3 Å². The second-order valence-electron chi connectivity index (χ2n) is 3.78. The number of hydrogen-bond donors (Lipinski definition) is 4. The summed E-state index contributed by atoms with van der Waals surface area (Å²) in [6, 6.07) is 0. The number of ether oxygens (including phenoxy) is 1. The zero-order valence-corrected chi connectivity index (χ0v) is 11.2. The summed E-state index contributed by atoms with van der Waals surface area (Å²) in [6.07, 6.45) is 1.30. The fraction of sp³-hybridized carbons (Fsp3) is 0.833. The van der Waals surface area contributed by atoms with Gasteiger partial charge in [-0.05, 0) is 12.8 Å². The summed E-state index contributed by atoms with van der Waals surface area (Å²) in [5.74, 6) is -1.34. The Bertz CT molecular complexity index is 228. The number of carboxylic acid groups (broad SMARTS) is 1. The largest absolute Gasteiger partial charge is 0.481 e. The lowest BCUT2D eigenvalue weighted by molar-refractivity contribution is -0.168. The molecule has 0 bridgehead atoms. The van der Waals surface area contributed by atoms with Crippen molar-refractivity contribution in [3.05, 3.63) is 0 Å². The normalized spacial score (nSPS) is 11.2. The van der Waals surface area contributed by atoms with Crippen LogP contribution in [0.1, 0.15) is 45.4 Å². The van der Waals surface area contributed by atoms with Gasteiger partial charge in [-0.3, -0.25) is 9.59 Å². The van der Waals surface area contributed by atoms with Gasteiger partial charge in [0.25, 0.3) is 0 Å². The monoisotopic (exact) mass is 280 g/mol. The standard InChI is InChI=1S/C10H18O5.C2H6O2/c1-2-5-9(13)15-10(14)7-4-3-6-8(11)12;3-1-2-4/h9,13H,2-7H2,1H3,(H,11,12);3-4H,1-2H2. The minimum Gasteiger partial charge on any atom is -0.481 e. The molecular formula is C12H24O7. The zero-order valence-electron chi connectivity index (χ0n) is 11.2. The molecule has 0 aliphatic rings. The third-order valence-corrected chi connectivity index (χ3v) is 1.92. The van der Waals surface area contributed by atoms with Crippen LogP contribution in [0.2, 0.25) is 0 Å². The Balaban J connectivity index is 0. The maximum absolute atomic E-state index is 11.0. The number of carbonyl (C=O) groups is 2. The van der Waals surface area contributed by atoms with E-state index in [0.29, 0.717) is 19.3 Å². The molecule has 0 spiro atoms. The molecule has 0 radical (unpaired) electrons. The molecule has 0 aliphatic carbocycles. The SMILES string of the molecule is CCCC(O)OC(=O)CCCCC(=O)O.OCCO. The molecule has 114 valence electrons. The quantitative estimate of drug-likeness (QED) is 0.271. The summed E-state index contributed by atoms with van der Waals surface area (Å²) in [6.45, 7) is 1.63. The van der Waals surface area contributed by atoms with E-state index < -0.39 is 18.2 Å². The third-order valence-electron chi connectivity index (χ3n) is 1.92. The van der Waals surface area contributed by atoms with Crippen LogP contribution in [0.4, 0.5) is 0 Å². The van der Waals surface area contributed by atoms with Gasteiger partial charge < -0.3 is 25.2 Å². The number of carboxylic acids is 1. The first-order chi connectivity index (χ1) is 8.97. The lowest BCUT2D eigenvalue weighted by atomic mass is 10.2. The van der Waals surface area contributed by atoms with E-state index in [1.807, 2.05) is 6.92 Å². The number of aliphatic hydroxyl groups is 3. The van der Waals surface area contributed by atoms with E-state index in [2.05, 4.69) is 4.74 Å². The minimum absolute atomic E-state index is 0.0603. The summed E-state index contributed by atoms with van der Waals surface area (Å²) in [7, 11) is 0. The summed E-state index contributed by atoms with van der Waals surface area (Å²) in [5, 5.41) is 32.7.